The number of carbonyl (C=O) groups excluding carboxylic acids is 2. The van der Waals surface area contributed by atoms with Crippen LogP contribution in [-0.2, 0) is 37.1 Å². The molecule has 0 fully saturated rings. The molecule has 1 aliphatic carbocycles. The molecule has 0 saturated carbocycles. The summed E-state index contributed by atoms with van der Waals surface area (Å²) in [5.41, 5.74) is 2.20. The first-order chi connectivity index (χ1) is 16.7. The van der Waals surface area contributed by atoms with Gasteiger partial charge in [-0.2, -0.15) is 0 Å². The molecule has 2 aromatic carbocycles. The van der Waals surface area contributed by atoms with Crippen molar-refractivity contribution in [3.8, 4) is 16.9 Å². The lowest BCUT2D eigenvalue weighted by atomic mass is 9.83. The number of hydrogen-bond acceptors (Lipinski definition) is 5. The molecule has 0 saturated heterocycles. The van der Waals surface area contributed by atoms with E-state index in [2.05, 4.69) is 4.72 Å². The van der Waals surface area contributed by atoms with Crippen LogP contribution in [0.4, 0.5) is 10.1 Å². The molecule has 0 radical (unpaired) electrons. The van der Waals surface area contributed by atoms with E-state index in [1.807, 2.05) is 39.0 Å². The second-order valence-electron chi connectivity index (χ2n) is 10.5. The van der Waals surface area contributed by atoms with Gasteiger partial charge < -0.3 is 4.74 Å². The highest BCUT2D eigenvalue weighted by molar-refractivity contribution is 7.88. The highest BCUT2D eigenvalue weighted by Gasteiger charge is 2.40. The summed E-state index contributed by atoms with van der Waals surface area (Å²) in [4.78, 5) is 25.8. The fraction of sp³-hybridized carbons (Fsp3) is 0.407. The maximum atomic E-state index is 15.7. The van der Waals surface area contributed by atoms with Gasteiger partial charge in [-0.25, -0.2) is 17.5 Å². The van der Waals surface area contributed by atoms with E-state index in [4.69, 9.17) is 4.74 Å². The summed E-state index contributed by atoms with van der Waals surface area (Å²) in [6, 6.07) is 9.15. The van der Waals surface area contributed by atoms with Crippen molar-refractivity contribution in [2.45, 2.75) is 51.1 Å². The molecule has 1 unspecified atom stereocenters. The molecule has 4 rings (SSSR count). The van der Waals surface area contributed by atoms with Crippen LogP contribution < -0.4 is 14.4 Å². The zero-order valence-corrected chi connectivity index (χ0v) is 22.0. The van der Waals surface area contributed by atoms with E-state index in [0.29, 0.717) is 23.4 Å². The number of aryl methyl sites for hydroxylation is 1. The Morgan fingerprint density at radius 1 is 1.17 bits per heavy atom. The summed E-state index contributed by atoms with van der Waals surface area (Å²) < 4.78 is 46.9. The minimum atomic E-state index is -3.52. The first-order valence-corrected chi connectivity index (χ1v) is 13.6. The van der Waals surface area contributed by atoms with E-state index in [1.165, 1.54) is 17.2 Å². The minimum Gasteiger partial charge on any atom is -0.496 e. The summed E-state index contributed by atoms with van der Waals surface area (Å²) >= 11 is 0. The molecule has 7 nitrogen and oxygen atoms in total. The van der Waals surface area contributed by atoms with Crippen LogP contribution in [0.15, 0.2) is 42.6 Å². The number of anilines is 1. The molecule has 0 spiro atoms. The molecule has 1 amide bonds. The lowest BCUT2D eigenvalue weighted by Crippen LogP contribution is -2.35. The largest absolute Gasteiger partial charge is 0.496 e. The van der Waals surface area contributed by atoms with Crippen LogP contribution in [0.1, 0.15) is 50.3 Å². The Balaban J connectivity index is 1.83. The molecular formula is C27H31FN2O5S. The van der Waals surface area contributed by atoms with Crippen LogP contribution in [0.5, 0.6) is 5.75 Å². The number of fused-ring (bicyclic) bond motifs is 1. The van der Waals surface area contributed by atoms with E-state index in [-0.39, 0.29) is 36.5 Å². The van der Waals surface area contributed by atoms with Gasteiger partial charge >= 0.3 is 0 Å². The van der Waals surface area contributed by atoms with Crippen molar-refractivity contribution < 1.29 is 27.1 Å². The Kier molecular flexibility index (Phi) is 6.59. The monoisotopic (exact) mass is 514 g/mol. The van der Waals surface area contributed by atoms with Crippen molar-refractivity contribution >= 4 is 27.4 Å². The first-order valence-electron chi connectivity index (χ1n) is 11.7. The number of alkyl halides is 1. The number of allylic oxidation sites excluding steroid dienone is 1. The number of benzene rings is 2. The number of methoxy groups -OCH3 is 1. The number of nitrogens with one attached hydrogen (secondary N) is 1. The topological polar surface area (TPSA) is 92.8 Å². The molecule has 9 heteroatoms. The number of ether oxygens (including phenoxy) is 1. The highest BCUT2D eigenvalue weighted by Crippen LogP contribution is 2.46. The van der Waals surface area contributed by atoms with E-state index >= 15 is 4.39 Å². The molecule has 1 aliphatic heterocycles. The van der Waals surface area contributed by atoms with Crippen molar-refractivity contribution in [1.82, 2.24) is 4.72 Å². The molecule has 1 N–H and O–H groups in total. The summed E-state index contributed by atoms with van der Waals surface area (Å²) in [6.07, 6.45) is 4.35. The second kappa shape index (κ2) is 9.12. The van der Waals surface area contributed by atoms with E-state index < -0.39 is 15.7 Å². The van der Waals surface area contributed by atoms with Crippen molar-refractivity contribution in [3.05, 3.63) is 59.3 Å². The first kappa shape index (κ1) is 26.0. The second-order valence-corrected chi connectivity index (χ2v) is 12.3. The molecule has 36 heavy (non-hydrogen) atoms. The number of rotatable bonds is 6. The van der Waals surface area contributed by atoms with Crippen molar-refractivity contribution in [2.24, 2.45) is 0 Å². The molecule has 0 aromatic heterocycles. The molecule has 1 heterocycles. The van der Waals surface area contributed by atoms with Gasteiger partial charge in [0.05, 0.1) is 19.8 Å². The molecule has 192 valence electrons. The standard InChI is InChI=1S/C27H31FN2O5S/c1-26(2,3)23-14-19(30-11-9-20(31)15-24(30)32)13-21(25(23)35-4)17-6-7-22-18(12-17)8-10-27(22,28)16-29-36(5,33)34/h6-7,9,11-14,29H,8,10,15-16H2,1-5H3. The Morgan fingerprint density at radius 3 is 2.50 bits per heavy atom. The van der Waals surface area contributed by atoms with Crippen LogP contribution in [-0.4, -0.2) is 40.0 Å². The van der Waals surface area contributed by atoms with Gasteiger partial charge in [-0.05, 0) is 53.2 Å². The van der Waals surface area contributed by atoms with Gasteiger partial charge in [0.25, 0.3) is 0 Å². The van der Waals surface area contributed by atoms with Crippen LogP contribution in [0.25, 0.3) is 11.1 Å². The van der Waals surface area contributed by atoms with E-state index in [1.54, 1.807) is 19.2 Å². The van der Waals surface area contributed by atoms with Crippen LogP contribution >= 0.6 is 0 Å². The lowest BCUT2D eigenvalue weighted by molar-refractivity contribution is -0.124. The fourth-order valence-electron chi connectivity index (χ4n) is 4.81. The number of hydrogen-bond donors (Lipinski definition) is 1. The van der Waals surface area contributed by atoms with Gasteiger partial charge in [-0.15, -0.1) is 0 Å². The minimum absolute atomic E-state index is 0.180. The van der Waals surface area contributed by atoms with Crippen molar-refractivity contribution in [2.75, 3.05) is 24.8 Å². The fourth-order valence-corrected chi connectivity index (χ4v) is 5.30. The predicted molar refractivity (Wildman–Crippen MR) is 137 cm³/mol. The Bertz CT molecular complexity index is 1380. The number of nitrogens with zero attached hydrogens (tertiary/aromatic N) is 1. The average molecular weight is 515 g/mol. The molecule has 0 bridgehead atoms. The summed E-state index contributed by atoms with van der Waals surface area (Å²) in [5.74, 6) is 0.103. The van der Waals surface area contributed by atoms with Gasteiger partial charge in [0.1, 0.15) is 11.4 Å². The van der Waals surface area contributed by atoms with Gasteiger partial charge in [-0.1, -0.05) is 39.0 Å². The van der Waals surface area contributed by atoms with Crippen molar-refractivity contribution in [3.63, 3.8) is 0 Å². The number of sulfonamides is 1. The Labute approximate surface area is 211 Å². The maximum Gasteiger partial charge on any atom is 0.238 e. The van der Waals surface area contributed by atoms with Gasteiger partial charge in [0.2, 0.25) is 15.9 Å². The Morgan fingerprint density at radius 2 is 1.89 bits per heavy atom. The summed E-state index contributed by atoms with van der Waals surface area (Å²) in [5, 5.41) is 0. The third kappa shape index (κ3) is 5.08. The number of halogens is 1. The van der Waals surface area contributed by atoms with E-state index in [9.17, 15) is 18.0 Å². The predicted octanol–water partition coefficient (Wildman–Crippen LogP) is 4.14. The average Bonchev–Trinajstić information content (AvgIpc) is 3.12. The molecule has 1 atom stereocenters. The van der Waals surface area contributed by atoms with Crippen LogP contribution in [0.2, 0.25) is 0 Å². The molecular weight excluding hydrogens is 483 g/mol. The highest BCUT2D eigenvalue weighted by atomic mass is 32.2. The normalized spacial score (nSPS) is 20.1. The maximum absolute atomic E-state index is 15.7. The Hall–Kier alpha value is -3.04. The SMILES string of the molecule is COc1c(-c2ccc3c(c2)CCC3(F)CNS(C)(=O)=O)cc(N2C=CC(=O)CC2=O)cc1C(C)(C)C. The van der Waals surface area contributed by atoms with Crippen LogP contribution in [0, 0.1) is 0 Å². The smallest absolute Gasteiger partial charge is 0.238 e. The van der Waals surface area contributed by atoms with Gasteiger partial charge in [0, 0.05) is 29.6 Å². The van der Waals surface area contributed by atoms with Crippen molar-refractivity contribution in [1.29, 1.82) is 0 Å². The third-order valence-electron chi connectivity index (χ3n) is 6.67. The number of amides is 1. The zero-order chi connectivity index (χ0) is 26.5. The molecule has 2 aliphatic rings. The number of ketones is 1. The van der Waals surface area contributed by atoms with E-state index in [0.717, 1.165) is 28.5 Å². The van der Waals surface area contributed by atoms with Crippen LogP contribution in [0.3, 0.4) is 0 Å². The number of carbonyl (C=O) groups is 2. The van der Waals surface area contributed by atoms with Gasteiger partial charge in [0.15, 0.2) is 5.78 Å². The summed E-state index contributed by atoms with van der Waals surface area (Å²) in [7, 11) is -1.93. The third-order valence-corrected chi connectivity index (χ3v) is 7.34. The van der Waals surface area contributed by atoms with Gasteiger partial charge in [-0.3, -0.25) is 14.5 Å². The zero-order valence-electron chi connectivity index (χ0n) is 21.1. The lowest BCUT2D eigenvalue weighted by Gasteiger charge is -2.29. The molecule has 2 aromatic rings. The summed E-state index contributed by atoms with van der Waals surface area (Å²) in [6.45, 7) is 5.83. The quantitative estimate of drug-likeness (QED) is 0.585.